The van der Waals surface area contributed by atoms with Gasteiger partial charge in [-0.15, -0.1) is 11.6 Å². The van der Waals surface area contributed by atoms with Gasteiger partial charge in [0.25, 0.3) is 0 Å². The molecule has 1 atom stereocenters. The summed E-state index contributed by atoms with van der Waals surface area (Å²) in [6.45, 7) is 1.92. The van der Waals surface area contributed by atoms with E-state index in [9.17, 15) is 8.42 Å². The maximum atomic E-state index is 11.1. The maximum Gasteiger partial charge on any atom is 0.225 e. The van der Waals surface area contributed by atoms with E-state index in [4.69, 9.17) is 11.6 Å². The molecule has 0 aliphatic heterocycles. The fourth-order valence-corrected chi connectivity index (χ4v) is 2.88. The molecule has 1 rings (SSSR count). The van der Waals surface area contributed by atoms with Gasteiger partial charge < -0.3 is 0 Å². The highest BCUT2D eigenvalue weighted by atomic mass is 35.5. The summed E-state index contributed by atoms with van der Waals surface area (Å²) in [7, 11) is -3.24. The molecule has 3 nitrogen and oxygen atoms in total. The first-order valence-electron chi connectivity index (χ1n) is 4.61. The number of hydrogen-bond donors (Lipinski definition) is 1. The second kappa shape index (κ2) is 4.62. The van der Waals surface area contributed by atoms with E-state index in [1.54, 1.807) is 0 Å². The van der Waals surface area contributed by atoms with Crippen molar-refractivity contribution in [3.63, 3.8) is 0 Å². The predicted molar refractivity (Wildman–Crippen MR) is 54.2 cm³/mol. The molecule has 0 saturated heterocycles. The SMILES string of the molecule is C[C@@H](NS(=O)(=O)CCl)C1CCCC1. The van der Waals surface area contributed by atoms with Crippen LogP contribution in [0.5, 0.6) is 0 Å². The van der Waals surface area contributed by atoms with Crippen LogP contribution < -0.4 is 4.72 Å². The number of rotatable bonds is 4. The molecule has 78 valence electrons. The monoisotopic (exact) mass is 225 g/mol. The lowest BCUT2D eigenvalue weighted by Gasteiger charge is -2.19. The van der Waals surface area contributed by atoms with Gasteiger partial charge in [-0.1, -0.05) is 12.8 Å². The Kier molecular flexibility index (Phi) is 4.01. The summed E-state index contributed by atoms with van der Waals surface area (Å²) in [5.41, 5.74) is 0. The van der Waals surface area contributed by atoms with E-state index in [0.29, 0.717) is 5.92 Å². The lowest BCUT2D eigenvalue weighted by molar-refractivity contribution is 0.425. The second-order valence-electron chi connectivity index (χ2n) is 3.67. The van der Waals surface area contributed by atoms with E-state index in [-0.39, 0.29) is 11.3 Å². The van der Waals surface area contributed by atoms with Crippen LogP contribution >= 0.6 is 11.6 Å². The van der Waals surface area contributed by atoms with Gasteiger partial charge in [0.2, 0.25) is 10.0 Å². The second-order valence-corrected chi connectivity index (χ2v) is 6.01. The molecule has 1 aliphatic carbocycles. The predicted octanol–water partition coefficient (Wildman–Crippen LogP) is 1.68. The van der Waals surface area contributed by atoms with Crippen LogP contribution in [0, 0.1) is 5.92 Å². The number of halogens is 1. The van der Waals surface area contributed by atoms with Crippen molar-refractivity contribution in [3.05, 3.63) is 0 Å². The lowest BCUT2D eigenvalue weighted by atomic mass is 10.0. The molecule has 0 heterocycles. The Labute approximate surface area is 84.9 Å². The van der Waals surface area contributed by atoms with E-state index in [2.05, 4.69) is 4.72 Å². The number of alkyl halides is 1. The third kappa shape index (κ3) is 3.44. The Balaban J connectivity index is 2.44. The Bertz CT molecular complexity index is 247. The minimum absolute atomic E-state index is 0.0336. The zero-order valence-electron chi connectivity index (χ0n) is 7.79. The molecule has 0 amide bonds. The average molecular weight is 226 g/mol. The summed E-state index contributed by atoms with van der Waals surface area (Å²) in [5, 5.41) is -0.343. The number of nitrogens with one attached hydrogen (secondary N) is 1. The van der Waals surface area contributed by atoms with Gasteiger partial charge in [0.05, 0.1) is 0 Å². The fourth-order valence-electron chi connectivity index (χ4n) is 1.87. The van der Waals surface area contributed by atoms with Gasteiger partial charge in [-0.3, -0.25) is 0 Å². The fraction of sp³-hybridized carbons (Fsp3) is 1.00. The summed E-state index contributed by atoms with van der Waals surface area (Å²) < 4.78 is 24.8. The molecular weight excluding hydrogens is 210 g/mol. The minimum Gasteiger partial charge on any atom is -0.211 e. The third-order valence-corrected chi connectivity index (χ3v) is 4.50. The van der Waals surface area contributed by atoms with Gasteiger partial charge >= 0.3 is 0 Å². The van der Waals surface area contributed by atoms with Crippen molar-refractivity contribution < 1.29 is 8.42 Å². The average Bonchev–Trinajstić information content (AvgIpc) is 2.55. The van der Waals surface area contributed by atoms with Gasteiger partial charge in [0.1, 0.15) is 5.21 Å². The highest BCUT2D eigenvalue weighted by molar-refractivity contribution is 7.90. The Morgan fingerprint density at radius 2 is 2.00 bits per heavy atom. The summed E-state index contributed by atoms with van der Waals surface area (Å²) in [5.74, 6) is 0.498. The highest BCUT2D eigenvalue weighted by Crippen LogP contribution is 2.27. The van der Waals surface area contributed by atoms with Crippen LogP contribution in [0.25, 0.3) is 0 Å². The normalized spacial score (nSPS) is 22.0. The van der Waals surface area contributed by atoms with E-state index in [0.717, 1.165) is 12.8 Å². The Morgan fingerprint density at radius 1 is 1.46 bits per heavy atom. The summed E-state index contributed by atoms with van der Waals surface area (Å²) >= 11 is 5.29. The van der Waals surface area contributed by atoms with Crippen LogP contribution in [-0.4, -0.2) is 19.7 Å². The highest BCUT2D eigenvalue weighted by Gasteiger charge is 2.24. The van der Waals surface area contributed by atoms with Gasteiger partial charge in [-0.05, 0) is 25.7 Å². The van der Waals surface area contributed by atoms with Crippen molar-refractivity contribution in [2.24, 2.45) is 5.92 Å². The molecule has 1 N–H and O–H groups in total. The minimum atomic E-state index is -3.24. The summed E-state index contributed by atoms with van der Waals surface area (Å²) in [4.78, 5) is 0. The van der Waals surface area contributed by atoms with Gasteiger partial charge in [0, 0.05) is 6.04 Å². The largest absolute Gasteiger partial charge is 0.225 e. The lowest BCUT2D eigenvalue weighted by Crippen LogP contribution is -2.37. The van der Waals surface area contributed by atoms with Gasteiger partial charge in [-0.25, -0.2) is 13.1 Å². The Hall–Kier alpha value is 0.200. The molecule has 5 heteroatoms. The summed E-state index contributed by atoms with van der Waals surface area (Å²) in [6, 6.07) is 0.0336. The molecular formula is C8H16ClNO2S. The van der Waals surface area contributed by atoms with E-state index in [1.807, 2.05) is 6.92 Å². The van der Waals surface area contributed by atoms with Crippen LogP contribution in [0.2, 0.25) is 0 Å². The smallest absolute Gasteiger partial charge is 0.211 e. The van der Waals surface area contributed by atoms with Crippen molar-refractivity contribution in [3.8, 4) is 0 Å². The first-order chi connectivity index (χ1) is 6.05. The van der Waals surface area contributed by atoms with E-state index < -0.39 is 10.0 Å². The molecule has 0 bridgehead atoms. The molecule has 0 radical (unpaired) electrons. The molecule has 0 aromatic rings. The van der Waals surface area contributed by atoms with Gasteiger partial charge in [-0.2, -0.15) is 0 Å². The van der Waals surface area contributed by atoms with Gasteiger partial charge in [0.15, 0.2) is 0 Å². The molecule has 13 heavy (non-hydrogen) atoms. The molecule has 1 fully saturated rings. The topological polar surface area (TPSA) is 46.2 Å². The third-order valence-electron chi connectivity index (χ3n) is 2.62. The number of hydrogen-bond acceptors (Lipinski definition) is 2. The molecule has 0 aromatic carbocycles. The Morgan fingerprint density at radius 3 is 2.46 bits per heavy atom. The standard InChI is InChI=1S/C8H16ClNO2S/c1-7(8-4-2-3-5-8)10-13(11,12)6-9/h7-8,10H,2-6H2,1H3/t7-/m1/s1. The molecule has 1 saturated carbocycles. The molecule has 1 aliphatic rings. The van der Waals surface area contributed by atoms with Crippen molar-refractivity contribution in [1.29, 1.82) is 0 Å². The molecule has 0 aromatic heterocycles. The van der Waals surface area contributed by atoms with Crippen molar-refractivity contribution in [1.82, 2.24) is 4.72 Å². The molecule has 0 unspecified atom stereocenters. The van der Waals surface area contributed by atoms with Crippen molar-refractivity contribution in [2.75, 3.05) is 5.21 Å². The first kappa shape index (κ1) is 11.3. The van der Waals surface area contributed by atoms with Crippen LogP contribution in [0.15, 0.2) is 0 Å². The molecule has 0 spiro atoms. The maximum absolute atomic E-state index is 11.1. The van der Waals surface area contributed by atoms with Crippen molar-refractivity contribution in [2.45, 2.75) is 38.6 Å². The van der Waals surface area contributed by atoms with Crippen molar-refractivity contribution >= 4 is 21.6 Å². The van der Waals surface area contributed by atoms with Crippen LogP contribution in [0.1, 0.15) is 32.6 Å². The number of sulfonamides is 1. The zero-order chi connectivity index (χ0) is 9.90. The quantitative estimate of drug-likeness (QED) is 0.740. The van der Waals surface area contributed by atoms with Crippen LogP contribution in [0.3, 0.4) is 0 Å². The summed E-state index contributed by atoms with van der Waals surface area (Å²) in [6.07, 6.45) is 4.70. The zero-order valence-corrected chi connectivity index (χ0v) is 9.37. The van der Waals surface area contributed by atoms with Crippen LogP contribution in [0.4, 0.5) is 0 Å². The van der Waals surface area contributed by atoms with Crippen LogP contribution in [-0.2, 0) is 10.0 Å². The first-order valence-corrected chi connectivity index (χ1v) is 6.80. The van der Waals surface area contributed by atoms with E-state index >= 15 is 0 Å². The van der Waals surface area contributed by atoms with E-state index in [1.165, 1.54) is 12.8 Å².